The van der Waals surface area contributed by atoms with Crippen molar-refractivity contribution in [3.05, 3.63) is 76.4 Å². The molecule has 0 bridgehead atoms. The van der Waals surface area contributed by atoms with Gasteiger partial charge in [0.05, 0.1) is 0 Å². The lowest BCUT2D eigenvalue weighted by molar-refractivity contribution is -0.121. The van der Waals surface area contributed by atoms with Gasteiger partial charge in [0.1, 0.15) is 5.78 Å². The number of aryl methyl sites for hydroxylation is 1. The largest absolute Gasteiger partial charge is 0.299 e. The van der Waals surface area contributed by atoms with E-state index in [9.17, 15) is 4.79 Å². The zero-order valence-electron chi connectivity index (χ0n) is 18.1. The second kappa shape index (κ2) is 11.5. The first kappa shape index (κ1) is 22.9. The Morgan fingerprint density at radius 2 is 1.81 bits per heavy atom. The van der Waals surface area contributed by atoms with Gasteiger partial charge in [0.15, 0.2) is 0 Å². The maximum absolute atomic E-state index is 11.9. The molecule has 0 aliphatic rings. The Hall–Kier alpha value is -2.15. The summed E-state index contributed by atoms with van der Waals surface area (Å²) in [6.07, 6.45) is 12.1. The number of benzene rings is 1. The van der Waals surface area contributed by atoms with Crippen LogP contribution in [0.5, 0.6) is 0 Å². The van der Waals surface area contributed by atoms with E-state index in [4.69, 9.17) is 0 Å². The van der Waals surface area contributed by atoms with Crippen LogP contribution in [0.4, 0.5) is 0 Å². The average Bonchev–Trinajstić information content (AvgIpc) is 2.62. The lowest BCUT2D eigenvalue weighted by Crippen LogP contribution is -2.06. The second-order valence-corrected chi connectivity index (χ2v) is 7.68. The topological polar surface area (TPSA) is 17.1 Å². The molecule has 0 unspecified atom stereocenters. The van der Waals surface area contributed by atoms with E-state index in [1.165, 1.54) is 27.8 Å². The molecule has 0 heterocycles. The summed E-state index contributed by atoms with van der Waals surface area (Å²) in [6.45, 7) is 16.4. The summed E-state index contributed by atoms with van der Waals surface area (Å²) in [6, 6.07) is 6.50. The van der Waals surface area contributed by atoms with E-state index in [-0.39, 0.29) is 5.92 Å². The minimum Gasteiger partial charge on any atom is -0.299 e. The molecule has 1 aromatic carbocycles. The predicted octanol–water partition coefficient (Wildman–Crippen LogP) is 7.41. The standard InChI is InChI=1S/C26H36O/c1-8-23-11-9-13-25(22(23)7)18-16-21(6)24(17-15-19(2)3)12-10-14-26(27)20(4)5/h9,11,13,15-18,20H,2,8,10,12,14H2,1,3-7H3/b17-15-,18-16-,24-21+. The number of carbonyl (C=O) groups excluding carboxylic acids is 1. The Labute approximate surface area is 166 Å². The fourth-order valence-electron chi connectivity index (χ4n) is 2.99. The second-order valence-electron chi connectivity index (χ2n) is 7.68. The molecule has 0 spiro atoms. The molecule has 0 saturated heterocycles. The van der Waals surface area contributed by atoms with Gasteiger partial charge in [-0.1, -0.05) is 75.4 Å². The van der Waals surface area contributed by atoms with Crippen LogP contribution in [0.1, 0.15) is 70.6 Å². The highest BCUT2D eigenvalue weighted by molar-refractivity contribution is 5.80. The Morgan fingerprint density at radius 3 is 2.41 bits per heavy atom. The molecule has 0 aliphatic heterocycles. The molecule has 1 heteroatoms. The predicted molar refractivity (Wildman–Crippen MR) is 120 cm³/mol. The maximum Gasteiger partial charge on any atom is 0.135 e. The SMILES string of the molecule is C=C(C)\C=C/C(CCCC(=O)C(C)C)=C(C)/C=C\c1cccc(CC)c1C. The number of hydrogen-bond acceptors (Lipinski definition) is 1. The first-order chi connectivity index (χ1) is 12.8. The zero-order valence-corrected chi connectivity index (χ0v) is 18.1. The van der Waals surface area contributed by atoms with Gasteiger partial charge in [0, 0.05) is 12.3 Å². The molecule has 0 aliphatic carbocycles. The quantitative estimate of drug-likeness (QED) is 0.395. The van der Waals surface area contributed by atoms with E-state index in [2.05, 4.69) is 69.9 Å². The Kier molecular flexibility index (Phi) is 9.78. The van der Waals surface area contributed by atoms with Crippen LogP contribution < -0.4 is 0 Å². The molecule has 146 valence electrons. The third kappa shape index (κ3) is 7.95. The van der Waals surface area contributed by atoms with E-state index in [1.54, 1.807) is 0 Å². The maximum atomic E-state index is 11.9. The van der Waals surface area contributed by atoms with Crippen molar-refractivity contribution in [1.29, 1.82) is 0 Å². The van der Waals surface area contributed by atoms with Crippen molar-refractivity contribution in [3.63, 3.8) is 0 Å². The Bertz CT molecular complexity index is 741. The molecule has 0 N–H and O–H groups in total. The smallest absolute Gasteiger partial charge is 0.135 e. The lowest BCUT2D eigenvalue weighted by Gasteiger charge is -2.09. The molecule has 1 nitrogen and oxygen atoms in total. The summed E-state index contributed by atoms with van der Waals surface area (Å²) in [5, 5.41) is 0. The monoisotopic (exact) mass is 364 g/mol. The number of allylic oxidation sites excluding steroid dienone is 6. The third-order valence-electron chi connectivity index (χ3n) is 4.97. The average molecular weight is 365 g/mol. The molecule has 27 heavy (non-hydrogen) atoms. The van der Waals surface area contributed by atoms with Crippen LogP contribution in [-0.2, 0) is 11.2 Å². The van der Waals surface area contributed by atoms with Gasteiger partial charge in [-0.15, -0.1) is 0 Å². The molecule has 0 aromatic heterocycles. The van der Waals surface area contributed by atoms with E-state index >= 15 is 0 Å². The van der Waals surface area contributed by atoms with Gasteiger partial charge in [-0.25, -0.2) is 0 Å². The van der Waals surface area contributed by atoms with Crippen molar-refractivity contribution in [3.8, 4) is 0 Å². The number of rotatable bonds is 10. The summed E-state index contributed by atoms with van der Waals surface area (Å²) >= 11 is 0. The van der Waals surface area contributed by atoms with Crippen molar-refractivity contribution >= 4 is 11.9 Å². The van der Waals surface area contributed by atoms with Gasteiger partial charge in [-0.05, 0) is 67.9 Å². The van der Waals surface area contributed by atoms with E-state index in [1.807, 2.05) is 20.8 Å². The van der Waals surface area contributed by atoms with Crippen molar-refractivity contribution in [2.45, 2.75) is 67.2 Å². The van der Waals surface area contributed by atoms with E-state index < -0.39 is 0 Å². The van der Waals surface area contributed by atoms with Crippen molar-refractivity contribution in [2.75, 3.05) is 0 Å². The van der Waals surface area contributed by atoms with Crippen LogP contribution in [0.2, 0.25) is 0 Å². The Balaban J connectivity index is 3.01. The molecule has 1 rings (SSSR count). The van der Waals surface area contributed by atoms with Gasteiger partial charge in [0.2, 0.25) is 0 Å². The third-order valence-corrected chi connectivity index (χ3v) is 4.97. The molecule has 1 aromatic rings. The number of Topliss-reactive ketones (excluding diaryl/α,β-unsaturated/α-hetero) is 1. The van der Waals surface area contributed by atoms with Crippen LogP contribution in [0.15, 0.2) is 59.7 Å². The Morgan fingerprint density at radius 1 is 1.11 bits per heavy atom. The molecular weight excluding hydrogens is 328 g/mol. The normalized spacial score (nSPS) is 12.9. The van der Waals surface area contributed by atoms with Crippen LogP contribution in [0.25, 0.3) is 6.08 Å². The van der Waals surface area contributed by atoms with Gasteiger partial charge in [0.25, 0.3) is 0 Å². The molecule has 0 radical (unpaired) electrons. The van der Waals surface area contributed by atoms with Gasteiger partial charge < -0.3 is 0 Å². The van der Waals surface area contributed by atoms with Gasteiger partial charge in [-0.3, -0.25) is 4.79 Å². The van der Waals surface area contributed by atoms with Crippen LogP contribution in [0, 0.1) is 12.8 Å². The van der Waals surface area contributed by atoms with Crippen molar-refractivity contribution in [1.82, 2.24) is 0 Å². The summed E-state index contributed by atoms with van der Waals surface area (Å²) < 4.78 is 0. The van der Waals surface area contributed by atoms with Gasteiger partial charge in [-0.2, -0.15) is 0 Å². The van der Waals surface area contributed by atoms with Crippen LogP contribution in [0.3, 0.4) is 0 Å². The first-order valence-electron chi connectivity index (χ1n) is 10.1. The molecule has 0 fully saturated rings. The molecule has 0 saturated carbocycles. The minimum absolute atomic E-state index is 0.123. The number of hydrogen-bond donors (Lipinski definition) is 0. The van der Waals surface area contributed by atoms with E-state index in [0.29, 0.717) is 12.2 Å². The molecule has 0 amide bonds. The summed E-state index contributed by atoms with van der Waals surface area (Å²) in [5.74, 6) is 0.469. The summed E-state index contributed by atoms with van der Waals surface area (Å²) in [5.41, 5.74) is 7.57. The number of carbonyl (C=O) groups is 1. The summed E-state index contributed by atoms with van der Waals surface area (Å²) in [4.78, 5) is 11.9. The lowest BCUT2D eigenvalue weighted by atomic mass is 9.96. The molecule has 0 atom stereocenters. The minimum atomic E-state index is 0.123. The number of ketones is 1. The van der Waals surface area contributed by atoms with Crippen molar-refractivity contribution < 1.29 is 4.79 Å². The van der Waals surface area contributed by atoms with Gasteiger partial charge >= 0.3 is 0 Å². The molecular formula is C26H36O. The fourth-order valence-corrected chi connectivity index (χ4v) is 2.99. The highest BCUT2D eigenvalue weighted by Gasteiger charge is 2.07. The first-order valence-corrected chi connectivity index (χ1v) is 10.1. The highest BCUT2D eigenvalue weighted by Crippen LogP contribution is 2.20. The summed E-state index contributed by atoms with van der Waals surface area (Å²) in [7, 11) is 0. The van der Waals surface area contributed by atoms with Crippen LogP contribution in [-0.4, -0.2) is 5.78 Å². The zero-order chi connectivity index (χ0) is 20.4. The van der Waals surface area contributed by atoms with Crippen LogP contribution >= 0.6 is 0 Å². The highest BCUT2D eigenvalue weighted by atomic mass is 16.1. The van der Waals surface area contributed by atoms with E-state index in [0.717, 1.165) is 24.8 Å². The van der Waals surface area contributed by atoms with Crippen molar-refractivity contribution in [2.24, 2.45) is 5.92 Å². The fraction of sp³-hybridized carbons (Fsp3) is 0.423.